The maximum atomic E-state index is 14.0. The van der Waals surface area contributed by atoms with Crippen molar-refractivity contribution in [2.75, 3.05) is 31.6 Å². The van der Waals surface area contributed by atoms with E-state index >= 15 is 0 Å². The van der Waals surface area contributed by atoms with E-state index in [-0.39, 0.29) is 23.1 Å². The van der Waals surface area contributed by atoms with Gasteiger partial charge in [0.15, 0.2) is 11.5 Å². The van der Waals surface area contributed by atoms with Crippen molar-refractivity contribution >= 4 is 27.5 Å². The van der Waals surface area contributed by atoms with Gasteiger partial charge in [-0.2, -0.15) is 0 Å². The Morgan fingerprint density at radius 2 is 1.57 bits per heavy atom. The molecule has 0 aliphatic carbocycles. The molecule has 0 bridgehead atoms. The van der Waals surface area contributed by atoms with Crippen LogP contribution in [0.1, 0.15) is 31.4 Å². The van der Waals surface area contributed by atoms with E-state index in [1.165, 1.54) is 37.3 Å². The van der Waals surface area contributed by atoms with Crippen molar-refractivity contribution in [2.45, 2.75) is 44.7 Å². The van der Waals surface area contributed by atoms with Gasteiger partial charge < -0.3 is 19.7 Å². The molecule has 10 heteroatoms. The number of amides is 2. The molecule has 40 heavy (non-hydrogen) atoms. The molecule has 1 unspecified atom stereocenters. The summed E-state index contributed by atoms with van der Waals surface area (Å²) < 4.78 is 39.6. The fourth-order valence-corrected chi connectivity index (χ4v) is 5.61. The maximum absolute atomic E-state index is 14.0. The van der Waals surface area contributed by atoms with E-state index in [0.717, 1.165) is 21.9 Å². The van der Waals surface area contributed by atoms with Gasteiger partial charge in [-0.05, 0) is 55.7 Å². The Morgan fingerprint density at radius 1 is 0.925 bits per heavy atom. The number of hydrogen-bond acceptors (Lipinski definition) is 6. The van der Waals surface area contributed by atoms with Crippen LogP contribution in [-0.2, 0) is 26.2 Å². The second-order valence-corrected chi connectivity index (χ2v) is 11.1. The Balaban J connectivity index is 2.04. The number of carbonyl (C=O) groups is 2. The maximum Gasteiger partial charge on any atom is 0.264 e. The zero-order valence-corrected chi connectivity index (χ0v) is 24.4. The molecule has 0 aliphatic rings. The van der Waals surface area contributed by atoms with Gasteiger partial charge in [0.2, 0.25) is 11.8 Å². The predicted octanol–water partition coefficient (Wildman–Crippen LogP) is 4.15. The summed E-state index contributed by atoms with van der Waals surface area (Å²) in [7, 11) is -1.35. The molecule has 1 atom stereocenters. The fraction of sp³-hybridized carbons (Fsp3) is 0.333. The Kier molecular flexibility index (Phi) is 10.6. The molecule has 3 aromatic rings. The zero-order valence-electron chi connectivity index (χ0n) is 23.6. The molecule has 1 N–H and O–H groups in total. The normalized spacial score (nSPS) is 11.8. The highest BCUT2D eigenvalue weighted by Gasteiger charge is 2.33. The van der Waals surface area contributed by atoms with Crippen LogP contribution in [0.15, 0.2) is 77.7 Å². The van der Waals surface area contributed by atoms with Gasteiger partial charge in [-0.25, -0.2) is 8.42 Å². The molecule has 3 rings (SSSR count). The molecule has 0 fully saturated rings. The van der Waals surface area contributed by atoms with Crippen LogP contribution < -0.4 is 19.1 Å². The third-order valence-electron chi connectivity index (χ3n) is 6.58. The smallest absolute Gasteiger partial charge is 0.264 e. The number of sulfonamides is 1. The minimum Gasteiger partial charge on any atom is -0.493 e. The van der Waals surface area contributed by atoms with Crippen LogP contribution in [0.3, 0.4) is 0 Å². The lowest BCUT2D eigenvalue weighted by atomic mass is 10.1. The molecule has 0 saturated carbocycles. The van der Waals surface area contributed by atoms with Crippen molar-refractivity contribution in [3.8, 4) is 11.5 Å². The fourth-order valence-electron chi connectivity index (χ4n) is 4.18. The highest BCUT2D eigenvalue weighted by Crippen LogP contribution is 2.32. The molecule has 214 valence electrons. The first-order valence-electron chi connectivity index (χ1n) is 13.1. The average molecular weight is 568 g/mol. The highest BCUT2D eigenvalue weighted by atomic mass is 32.2. The lowest BCUT2D eigenvalue weighted by Gasteiger charge is -2.32. The molecule has 0 saturated heterocycles. The van der Waals surface area contributed by atoms with Crippen LogP contribution >= 0.6 is 0 Å². The molecular formula is C30H37N3O6S. The number of methoxy groups -OCH3 is 2. The number of benzene rings is 3. The lowest BCUT2D eigenvalue weighted by Crippen LogP contribution is -2.51. The van der Waals surface area contributed by atoms with Gasteiger partial charge in [-0.1, -0.05) is 49.4 Å². The Morgan fingerprint density at radius 3 is 2.20 bits per heavy atom. The van der Waals surface area contributed by atoms with Gasteiger partial charge in [0, 0.05) is 19.2 Å². The second kappa shape index (κ2) is 13.8. The molecule has 0 radical (unpaired) electrons. The monoisotopic (exact) mass is 567 g/mol. The van der Waals surface area contributed by atoms with Crippen molar-refractivity contribution in [2.24, 2.45) is 0 Å². The number of rotatable bonds is 13. The molecule has 2 amide bonds. The summed E-state index contributed by atoms with van der Waals surface area (Å²) in [6.45, 7) is 5.62. The summed E-state index contributed by atoms with van der Waals surface area (Å²) in [6, 6.07) is 19.4. The average Bonchev–Trinajstić information content (AvgIpc) is 2.97. The van der Waals surface area contributed by atoms with Crippen molar-refractivity contribution in [1.82, 2.24) is 10.2 Å². The summed E-state index contributed by atoms with van der Waals surface area (Å²) in [6.07, 6.45) is 0.746. The van der Waals surface area contributed by atoms with Gasteiger partial charge in [0.1, 0.15) is 12.6 Å². The van der Waals surface area contributed by atoms with Gasteiger partial charge in [0.05, 0.1) is 24.8 Å². The second-order valence-electron chi connectivity index (χ2n) is 9.28. The summed E-state index contributed by atoms with van der Waals surface area (Å²) in [5.41, 5.74) is 2.13. The molecule has 3 aromatic carbocycles. The first-order valence-corrected chi connectivity index (χ1v) is 14.5. The minimum absolute atomic E-state index is 0.0685. The SMILES string of the molecule is CCCNC(=O)C(C)N(Cc1ccccc1C)C(=O)CN(c1ccccc1)S(=O)(=O)c1ccc(OC)c(OC)c1. The highest BCUT2D eigenvalue weighted by molar-refractivity contribution is 7.92. The summed E-state index contributed by atoms with van der Waals surface area (Å²) in [4.78, 5) is 28.3. The third kappa shape index (κ3) is 7.12. The van der Waals surface area contributed by atoms with Gasteiger partial charge >= 0.3 is 0 Å². The quantitative estimate of drug-likeness (QED) is 0.333. The minimum atomic E-state index is -4.23. The van der Waals surface area contributed by atoms with Crippen LogP contribution in [0.5, 0.6) is 11.5 Å². The lowest BCUT2D eigenvalue weighted by molar-refractivity contribution is -0.139. The van der Waals surface area contributed by atoms with Crippen molar-refractivity contribution < 1.29 is 27.5 Å². The van der Waals surface area contributed by atoms with Crippen LogP contribution in [0.2, 0.25) is 0 Å². The van der Waals surface area contributed by atoms with E-state index in [1.807, 2.05) is 38.1 Å². The number of ether oxygens (including phenoxy) is 2. The molecule has 0 heterocycles. The first-order chi connectivity index (χ1) is 19.1. The molecule has 0 aliphatic heterocycles. The van der Waals surface area contributed by atoms with E-state index in [2.05, 4.69) is 5.32 Å². The van der Waals surface area contributed by atoms with Crippen molar-refractivity contribution in [3.63, 3.8) is 0 Å². The predicted molar refractivity (Wildman–Crippen MR) is 155 cm³/mol. The van der Waals surface area contributed by atoms with Crippen LogP contribution in [-0.4, -0.2) is 58.5 Å². The number of para-hydroxylation sites is 1. The number of nitrogens with one attached hydrogen (secondary N) is 1. The Labute approximate surface area is 236 Å². The summed E-state index contributed by atoms with van der Waals surface area (Å²) in [5.74, 6) is -0.210. The first kappa shape index (κ1) is 30.5. The van der Waals surface area contributed by atoms with Gasteiger partial charge in [-0.15, -0.1) is 0 Å². The van der Waals surface area contributed by atoms with Crippen molar-refractivity contribution in [1.29, 1.82) is 0 Å². The topological polar surface area (TPSA) is 105 Å². The molecular weight excluding hydrogens is 530 g/mol. The molecule has 9 nitrogen and oxygen atoms in total. The van der Waals surface area contributed by atoms with Crippen molar-refractivity contribution in [3.05, 3.63) is 83.9 Å². The Bertz CT molecular complexity index is 1410. The van der Waals surface area contributed by atoms with E-state index in [9.17, 15) is 18.0 Å². The van der Waals surface area contributed by atoms with Crippen LogP contribution in [0.4, 0.5) is 5.69 Å². The van der Waals surface area contributed by atoms with E-state index in [4.69, 9.17) is 9.47 Å². The molecule has 0 spiro atoms. The van der Waals surface area contributed by atoms with E-state index in [0.29, 0.717) is 18.0 Å². The zero-order chi connectivity index (χ0) is 29.3. The Hall–Kier alpha value is -4.05. The number of hydrogen-bond donors (Lipinski definition) is 1. The number of nitrogens with zero attached hydrogens (tertiary/aromatic N) is 2. The van der Waals surface area contributed by atoms with Crippen LogP contribution in [0.25, 0.3) is 0 Å². The van der Waals surface area contributed by atoms with E-state index < -0.39 is 28.5 Å². The molecule has 0 aromatic heterocycles. The summed E-state index contributed by atoms with van der Waals surface area (Å²) >= 11 is 0. The van der Waals surface area contributed by atoms with Gasteiger partial charge in [-0.3, -0.25) is 13.9 Å². The third-order valence-corrected chi connectivity index (χ3v) is 8.35. The standard InChI is InChI=1S/C30H37N3O6S/c1-6-18-31-30(35)23(3)32(20-24-13-11-10-12-22(24)2)29(34)21-33(25-14-8-7-9-15-25)40(36,37)26-16-17-27(38-4)28(19-26)39-5/h7-17,19,23H,6,18,20-21H2,1-5H3,(H,31,35). The van der Waals surface area contributed by atoms with Gasteiger partial charge in [0.25, 0.3) is 10.0 Å². The van der Waals surface area contributed by atoms with Crippen LogP contribution in [0, 0.1) is 6.92 Å². The summed E-state index contributed by atoms with van der Waals surface area (Å²) in [5, 5.41) is 2.84. The number of anilines is 1. The number of carbonyl (C=O) groups excluding carboxylic acids is 2. The van der Waals surface area contributed by atoms with E-state index in [1.54, 1.807) is 37.3 Å². The largest absolute Gasteiger partial charge is 0.493 e. The number of aryl methyl sites for hydroxylation is 1.